The second-order valence-electron chi connectivity index (χ2n) is 4.78. The van der Waals surface area contributed by atoms with Crippen LogP contribution in [-0.2, 0) is 4.79 Å². The van der Waals surface area contributed by atoms with Crippen molar-refractivity contribution in [3.8, 4) is 0 Å². The summed E-state index contributed by atoms with van der Waals surface area (Å²) < 4.78 is 0. The summed E-state index contributed by atoms with van der Waals surface area (Å²) in [7, 11) is 1.82. The van der Waals surface area contributed by atoms with E-state index in [0.717, 1.165) is 5.56 Å². The molecule has 4 heteroatoms. The SMILES string of the molecule is CC(CN)CC(=O)N(C)C(C)c1ccc(Cl)cc1. The molecule has 1 aromatic carbocycles. The Hall–Kier alpha value is -1.06. The Morgan fingerprint density at radius 1 is 1.33 bits per heavy atom. The Labute approximate surface area is 114 Å². The van der Waals surface area contributed by atoms with Crippen molar-refractivity contribution in [1.82, 2.24) is 4.90 Å². The zero-order chi connectivity index (χ0) is 13.7. The van der Waals surface area contributed by atoms with Gasteiger partial charge in [-0.15, -0.1) is 0 Å². The van der Waals surface area contributed by atoms with Crippen molar-refractivity contribution >= 4 is 17.5 Å². The number of hydrogen-bond acceptors (Lipinski definition) is 2. The molecule has 0 spiro atoms. The first-order valence-electron chi connectivity index (χ1n) is 6.17. The molecule has 0 aliphatic carbocycles. The quantitative estimate of drug-likeness (QED) is 0.893. The highest BCUT2D eigenvalue weighted by Crippen LogP contribution is 2.21. The molecule has 1 rings (SSSR count). The van der Waals surface area contributed by atoms with Gasteiger partial charge in [-0.3, -0.25) is 4.79 Å². The molecule has 18 heavy (non-hydrogen) atoms. The van der Waals surface area contributed by atoms with Crippen molar-refractivity contribution in [2.75, 3.05) is 13.6 Å². The first-order chi connectivity index (χ1) is 8.45. The minimum Gasteiger partial charge on any atom is -0.339 e. The van der Waals surface area contributed by atoms with Crippen LogP contribution in [0.4, 0.5) is 0 Å². The second kappa shape index (κ2) is 6.76. The monoisotopic (exact) mass is 268 g/mol. The lowest BCUT2D eigenvalue weighted by Gasteiger charge is -2.26. The molecule has 0 bridgehead atoms. The maximum absolute atomic E-state index is 12.0. The molecule has 0 aromatic heterocycles. The predicted octanol–water partition coefficient (Wildman–Crippen LogP) is 2.84. The number of rotatable bonds is 5. The molecule has 0 saturated carbocycles. The lowest BCUT2D eigenvalue weighted by molar-refractivity contribution is -0.132. The molecule has 2 atom stereocenters. The molecule has 2 N–H and O–H groups in total. The average Bonchev–Trinajstić information content (AvgIpc) is 2.37. The summed E-state index contributed by atoms with van der Waals surface area (Å²) in [5, 5.41) is 0.705. The van der Waals surface area contributed by atoms with Crippen LogP contribution in [0.5, 0.6) is 0 Å². The van der Waals surface area contributed by atoms with Crippen LogP contribution in [0.1, 0.15) is 31.9 Å². The van der Waals surface area contributed by atoms with Gasteiger partial charge in [0.1, 0.15) is 0 Å². The molecule has 1 amide bonds. The highest BCUT2D eigenvalue weighted by molar-refractivity contribution is 6.30. The molecular weight excluding hydrogens is 248 g/mol. The highest BCUT2D eigenvalue weighted by Gasteiger charge is 2.18. The van der Waals surface area contributed by atoms with E-state index in [9.17, 15) is 4.79 Å². The highest BCUT2D eigenvalue weighted by atomic mass is 35.5. The summed E-state index contributed by atoms with van der Waals surface area (Å²) in [5.41, 5.74) is 6.62. The van der Waals surface area contributed by atoms with Crippen LogP contribution in [0.3, 0.4) is 0 Å². The maximum atomic E-state index is 12.0. The Morgan fingerprint density at radius 3 is 2.39 bits per heavy atom. The van der Waals surface area contributed by atoms with Crippen LogP contribution in [0.25, 0.3) is 0 Å². The minimum absolute atomic E-state index is 0.0414. The van der Waals surface area contributed by atoms with E-state index in [1.54, 1.807) is 4.90 Å². The van der Waals surface area contributed by atoms with E-state index in [2.05, 4.69) is 0 Å². The van der Waals surface area contributed by atoms with Gasteiger partial charge in [-0.2, -0.15) is 0 Å². The van der Waals surface area contributed by atoms with Gasteiger partial charge < -0.3 is 10.6 Å². The zero-order valence-corrected chi connectivity index (χ0v) is 11.9. The third kappa shape index (κ3) is 4.00. The summed E-state index contributed by atoms with van der Waals surface area (Å²) >= 11 is 5.85. The Balaban J connectivity index is 2.68. The normalized spacial score (nSPS) is 14.1. The Morgan fingerprint density at radius 2 is 1.89 bits per heavy atom. The van der Waals surface area contributed by atoms with E-state index < -0.39 is 0 Å². The fraction of sp³-hybridized carbons (Fsp3) is 0.500. The number of nitrogens with zero attached hydrogens (tertiary/aromatic N) is 1. The van der Waals surface area contributed by atoms with E-state index >= 15 is 0 Å². The third-order valence-electron chi connectivity index (χ3n) is 3.25. The van der Waals surface area contributed by atoms with Gasteiger partial charge in [0.2, 0.25) is 5.91 Å². The summed E-state index contributed by atoms with van der Waals surface area (Å²) in [6.07, 6.45) is 0.491. The predicted molar refractivity (Wildman–Crippen MR) is 75.5 cm³/mol. The zero-order valence-electron chi connectivity index (χ0n) is 11.2. The average molecular weight is 269 g/mol. The molecular formula is C14H21ClN2O. The van der Waals surface area contributed by atoms with Gasteiger partial charge in [0.15, 0.2) is 0 Å². The van der Waals surface area contributed by atoms with Crippen molar-refractivity contribution in [3.63, 3.8) is 0 Å². The fourth-order valence-corrected chi connectivity index (χ4v) is 1.83. The van der Waals surface area contributed by atoms with Gasteiger partial charge >= 0.3 is 0 Å². The third-order valence-corrected chi connectivity index (χ3v) is 3.50. The number of carbonyl (C=O) groups is 1. The summed E-state index contributed by atoms with van der Waals surface area (Å²) in [4.78, 5) is 13.8. The van der Waals surface area contributed by atoms with Crippen molar-refractivity contribution < 1.29 is 4.79 Å². The van der Waals surface area contributed by atoms with Crippen LogP contribution < -0.4 is 5.73 Å². The van der Waals surface area contributed by atoms with Crippen molar-refractivity contribution in [2.45, 2.75) is 26.3 Å². The molecule has 0 aliphatic rings. The van der Waals surface area contributed by atoms with E-state index in [4.69, 9.17) is 17.3 Å². The topological polar surface area (TPSA) is 46.3 Å². The molecule has 0 radical (unpaired) electrons. The number of halogens is 1. The lowest BCUT2D eigenvalue weighted by atomic mass is 10.0. The van der Waals surface area contributed by atoms with Gasteiger partial charge in [-0.1, -0.05) is 30.7 Å². The van der Waals surface area contributed by atoms with Crippen LogP contribution in [0.15, 0.2) is 24.3 Å². The molecule has 100 valence electrons. The summed E-state index contributed by atoms with van der Waals surface area (Å²) in [6, 6.07) is 7.62. The van der Waals surface area contributed by atoms with Gasteiger partial charge in [-0.05, 0) is 37.1 Å². The van der Waals surface area contributed by atoms with Gasteiger partial charge in [0.25, 0.3) is 0 Å². The lowest BCUT2D eigenvalue weighted by Crippen LogP contribution is -2.31. The standard InChI is InChI=1S/C14H21ClN2O/c1-10(9-16)8-14(18)17(3)11(2)12-4-6-13(15)7-5-12/h4-7,10-11H,8-9,16H2,1-3H3. The smallest absolute Gasteiger partial charge is 0.223 e. The van der Waals surface area contributed by atoms with Crippen LogP contribution in [0.2, 0.25) is 5.02 Å². The molecule has 2 unspecified atom stereocenters. The fourth-order valence-electron chi connectivity index (χ4n) is 1.71. The van der Waals surface area contributed by atoms with Crippen molar-refractivity contribution in [2.24, 2.45) is 11.7 Å². The first-order valence-corrected chi connectivity index (χ1v) is 6.54. The summed E-state index contributed by atoms with van der Waals surface area (Å²) in [6.45, 7) is 4.53. The first kappa shape index (κ1) is 15.0. The van der Waals surface area contributed by atoms with Crippen LogP contribution in [-0.4, -0.2) is 24.4 Å². The number of benzene rings is 1. The minimum atomic E-state index is 0.0414. The number of amides is 1. The maximum Gasteiger partial charge on any atom is 0.223 e. The van der Waals surface area contributed by atoms with Gasteiger partial charge in [0, 0.05) is 18.5 Å². The molecule has 0 heterocycles. The Bertz CT molecular complexity index is 391. The molecule has 0 saturated heterocycles. The van der Waals surface area contributed by atoms with Crippen LogP contribution >= 0.6 is 11.6 Å². The van der Waals surface area contributed by atoms with Crippen molar-refractivity contribution in [1.29, 1.82) is 0 Å². The molecule has 0 aliphatic heterocycles. The second-order valence-corrected chi connectivity index (χ2v) is 5.21. The van der Waals surface area contributed by atoms with E-state index in [1.165, 1.54) is 0 Å². The molecule has 3 nitrogen and oxygen atoms in total. The van der Waals surface area contributed by atoms with Crippen molar-refractivity contribution in [3.05, 3.63) is 34.9 Å². The number of nitrogens with two attached hydrogens (primary N) is 1. The molecule has 1 aromatic rings. The van der Waals surface area contributed by atoms with Gasteiger partial charge in [0.05, 0.1) is 6.04 Å². The largest absolute Gasteiger partial charge is 0.339 e. The van der Waals surface area contributed by atoms with E-state index in [0.29, 0.717) is 18.0 Å². The Kier molecular flexibility index (Phi) is 5.63. The van der Waals surface area contributed by atoms with E-state index in [-0.39, 0.29) is 17.9 Å². The van der Waals surface area contributed by atoms with E-state index in [1.807, 2.05) is 45.2 Å². The molecule has 0 fully saturated rings. The van der Waals surface area contributed by atoms with Crippen LogP contribution in [0, 0.1) is 5.92 Å². The number of carbonyl (C=O) groups excluding carboxylic acids is 1. The summed E-state index contributed by atoms with van der Waals surface area (Å²) in [5.74, 6) is 0.341. The van der Waals surface area contributed by atoms with Gasteiger partial charge in [-0.25, -0.2) is 0 Å². The number of hydrogen-bond donors (Lipinski definition) is 1.